The van der Waals surface area contributed by atoms with Crippen molar-refractivity contribution in [2.75, 3.05) is 25.1 Å². The number of hydrogen-bond donors (Lipinski definition) is 1. The second kappa shape index (κ2) is 10.3. The van der Waals surface area contributed by atoms with Crippen LogP contribution in [0.15, 0.2) is 59.5 Å². The number of benzene rings is 2. The van der Waals surface area contributed by atoms with Gasteiger partial charge in [0.05, 0.1) is 24.1 Å². The molecular weight excluding hydrogens is 492 g/mol. The average molecular weight is 519 g/mol. The minimum Gasteiger partial charge on any atom is -0.497 e. The zero-order valence-corrected chi connectivity index (χ0v) is 21.5. The van der Waals surface area contributed by atoms with E-state index in [0.29, 0.717) is 41.7 Å². The quantitative estimate of drug-likeness (QED) is 0.383. The van der Waals surface area contributed by atoms with Gasteiger partial charge in [-0.15, -0.1) is 0 Å². The van der Waals surface area contributed by atoms with E-state index in [1.807, 2.05) is 54.6 Å². The van der Waals surface area contributed by atoms with Crippen LogP contribution in [-0.4, -0.2) is 46.2 Å². The van der Waals surface area contributed by atoms with E-state index < -0.39 is 0 Å². The number of nitrogens with zero attached hydrogens (tertiary/aromatic N) is 3. The molecular formula is C27H26N4O3S2. The lowest BCUT2D eigenvalue weighted by atomic mass is 9.96. The van der Waals surface area contributed by atoms with E-state index >= 15 is 0 Å². The van der Waals surface area contributed by atoms with Gasteiger partial charge in [0, 0.05) is 30.0 Å². The van der Waals surface area contributed by atoms with Crippen molar-refractivity contribution in [2.24, 2.45) is 11.7 Å². The largest absolute Gasteiger partial charge is 0.497 e. The fraction of sp³-hybridized carbons (Fsp3) is 0.259. The average Bonchev–Trinajstić information content (AvgIpc) is 3.16. The van der Waals surface area contributed by atoms with E-state index in [-0.39, 0.29) is 17.7 Å². The summed E-state index contributed by atoms with van der Waals surface area (Å²) in [4.78, 5) is 34.3. The van der Waals surface area contributed by atoms with E-state index in [1.165, 1.54) is 11.8 Å². The number of hydrogen-bond acceptors (Lipinski definition) is 7. The molecule has 2 N–H and O–H groups in total. The van der Waals surface area contributed by atoms with E-state index in [9.17, 15) is 9.59 Å². The van der Waals surface area contributed by atoms with Gasteiger partial charge in [-0.2, -0.15) is 0 Å². The summed E-state index contributed by atoms with van der Waals surface area (Å²) >= 11 is 6.87. The molecule has 2 fully saturated rings. The maximum absolute atomic E-state index is 13.4. The Hall–Kier alpha value is -3.43. The predicted octanol–water partition coefficient (Wildman–Crippen LogP) is 4.35. The molecule has 5 rings (SSSR count). The highest BCUT2D eigenvalue weighted by atomic mass is 32.2. The molecule has 2 aromatic carbocycles. The Morgan fingerprint density at radius 2 is 1.92 bits per heavy atom. The zero-order chi connectivity index (χ0) is 25.2. The highest BCUT2D eigenvalue weighted by molar-refractivity contribution is 8.26. The second-order valence-corrected chi connectivity index (χ2v) is 10.5. The molecule has 3 aromatic rings. The highest BCUT2D eigenvalue weighted by Gasteiger charge is 2.33. The van der Waals surface area contributed by atoms with Crippen molar-refractivity contribution in [1.82, 2.24) is 9.88 Å². The van der Waals surface area contributed by atoms with Gasteiger partial charge in [0.15, 0.2) is 0 Å². The normalized spacial score (nSPS) is 17.9. The third kappa shape index (κ3) is 4.94. The zero-order valence-electron chi connectivity index (χ0n) is 19.8. The first kappa shape index (κ1) is 24.3. The molecule has 0 aliphatic carbocycles. The molecule has 0 spiro atoms. The number of thiocarbonyl (C=S) groups is 1. The van der Waals surface area contributed by atoms with Crippen LogP contribution in [0, 0.1) is 5.92 Å². The number of carbonyl (C=O) groups excluding carboxylic acids is 2. The van der Waals surface area contributed by atoms with Crippen molar-refractivity contribution in [3.05, 3.63) is 70.6 Å². The molecule has 2 aliphatic rings. The maximum atomic E-state index is 13.4. The summed E-state index contributed by atoms with van der Waals surface area (Å²) in [6.45, 7) is 1.76. The monoisotopic (exact) mass is 518 g/mol. The van der Waals surface area contributed by atoms with Crippen LogP contribution in [0.3, 0.4) is 0 Å². The van der Waals surface area contributed by atoms with E-state index in [0.717, 1.165) is 33.6 Å². The van der Waals surface area contributed by atoms with Gasteiger partial charge in [-0.3, -0.25) is 14.5 Å². The van der Waals surface area contributed by atoms with E-state index in [1.54, 1.807) is 12.0 Å². The topological polar surface area (TPSA) is 88.8 Å². The summed E-state index contributed by atoms with van der Waals surface area (Å²) in [7, 11) is 1.62. The Labute approximate surface area is 219 Å². The standard InChI is InChI=1S/C27H26N4O3S2/c1-34-21-8-6-17(7-9-21)16-31-26(33)23(36-27(31)35)15-20-14-19-4-2-3-5-22(19)29-25(20)30-12-10-18(11-13-30)24(28)32/h2-9,14-15,18H,10-13,16H2,1H3,(H2,28,32)/b23-15-. The molecule has 0 radical (unpaired) electrons. The predicted molar refractivity (Wildman–Crippen MR) is 148 cm³/mol. The number of anilines is 1. The minimum atomic E-state index is -0.248. The number of piperidine rings is 1. The molecule has 3 heterocycles. The smallest absolute Gasteiger partial charge is 0.266 e. The summed E-state index contributed by atoms with van der Waals surface area (Å²) in [6.07, 6.45) is 3.27. The minimum absolute atomic E-state index is 0.112. The lowest BCUT2D eigenvalue weighted by Crippen LogP contribution is -2.39. The molecule has 2 saturated heterocycles. The fourth-order valence-electron chi connectivity index (χ4n) is 4.55. The van der Waals surface area contributed by atoms with Gasteiger partial charge in [0.2, 0.25) is 5.91 Å². The van der Waals surface area contributed by atoms with Gasteiger partial charge in [-0.25, -0.2) is 4.98 Å². The number of methoxy groups -OCH3 is 1. The molecule has 2 aliphatic heterocycles. The number of primary amides is 1. The molecule has 1 aromatic heterocycles. The number of pyridine rings is 1. The highest BCUT2D eigenvalue weighted by Crippen LogP contribution is 2.36. The first-order valence-electron chi connectivity index (χ1n) is 11.8. The van der Waals surface area contributed by atoms with Gasteiger partial charge in [0.1, 0.15) is 15.9 Å². The van der Waals surface area contributed by atoms with Crippen LogP contribution in [0.1, 0.15) is 24.0 Å². The molecule has 0 bridgehead atoms. The SMILES string of the molecule is COc1ccc(CN2C(=O)/C(=C/c3cc4ccccc4nc3N3CCC(C(N)=O)CC3)SC2=S)cc1. The van der Waals surface area contributed by atoms with Crippen LogP contribution in [0.25, 0.3) is 17.0 Å². The second-order valence-electron chi connectivity index (χ2n) is 8.87. The summed E-state index contributed by atoms with van der Waals surface area (Å²) in [5.74, 6) is 1.09. The number of aromatic nitrogens is 1. The Morgan fingerprint density at radius 3 is 2.61 bits per heavy atom. The molecule has 0 saturated carbocycles. The third-order valence-corrected chi connectivity index (χ3v) is 7.97. The molecule has 0 unspecified atom stereocenters. The summed E-state index contributed by atoms with van der Waals surface area (Å²) in [6, 6.07) is 17.6. The van der Waals surface area contributed by atoms with E-state index in [2.05, 4.69) is 11.0 Å². The Morgan fingerprint density at radius 1 is 1.19 bits per heavy atom. The Kier molecular flexibility index (Phi) is 6.93. The molecule has 184 valence electrons. The number of ether oxygens (including phenoxy) is 1. The summed E-state index contributed by atoms with van der Waals surface area (Å²) < 4.78 is 5.75. The number of thioether (sulfide) groups is 1. The Bertz CT molecular complexity index is 1370. The van der Waals surface area contributed by atoms with Gasteiger partial charge >= 0.3 is 0 Å². The summed E-state index contributed by atoms with van der Waals surface area (Å²) in [5, 5.41) is 0.994. The lowest BCUT2D eigenvalue weighted by Gasteiger charge is -2.32. The first-order chi connectivity index (χ1) is 17.4. The van der Waals surface area contributed by atoms with Gasteiger partial charge in [-0.05, 0) is 48.7 Å². The third-order valence-electron chi connectivity index (χ3n) is 6.59. The first-order valence-corrected chi connectivity index (χ1v) is 13.0. The molecule has 9 heteroatoms. The number of rotatable bonds is 6. The summed E-state index contributed by atoms with van der Waals surface area (Å²) in [5.41, 5.74) is 8.24. The number of carbonyl (C=O) groups is 2. The number of para-hydroxylation sites is 1. The van der Waals surface area contributed by atoms with Crippen LogP contribution in [0.5, 0.6) is 5.75 Å². The van der Waals surface area contributed by atoms with Crippen LogP contribution >= 0.6 is 24.0 Å². The molecule has 36 heavy (non-hydrogen) atoms. The van der Waals surface area contributed by atoms with Gasteiger partial charge < -0.3 is 15.4 Å². The van der Waals surface area contributed by atoms with Crippen molar-refractivity contribution in [3.8, 4) is 5.75 Å². The van der Waals surface area contributed by atoms with Crippen molar-refractivity contribution in [3.63, 3.8) is 0 Å². The van der Waals surface area contributed by atoms with Crippen LogP contribution in [0.2, 0.25) is 0 Å². The van der Waals surface area contributed by atoms with Gasteiger partial charge in [-0.1, -0.05) is 54.3 Å². The fourth-order valence-corrected chi connectivity index (χ4v) is 5.79. The molecule has 0 atom stereocenters. The van der Waals surface area contributed by atoms with Crippen molar-refractivity contribution < 1.29 is 14.3 Å². The van der Waals surface area contributed by atoms with Gasteiger partial charge in [0.25, 0.3) is 5.91 Å². The van der Waals surface area contributed by atoms with Crippen molar-refractivity contribution in [1.29, 1.82) is 0 Å². The molecule has 2 amide bonds. The van der Waals surface area contributed by atoms with Crippen molar-refractivity contribution >= 4 is 62.9 Å². The lowest BCUT2D eigenvalue weighted by molar-refractivity contribution is -0.123. The molecule has 7 nitrogen and oxygen atoms in total. The number of amides is 2. The van der Waals surface area contributed by atoms with Crippen LogP contribution < -0.4 is 15.4 Å². The van der Waals surface area contributed by atoms with Crippen LogP contribution in [0.4, 0.5) is 5.82 Å². The van der Waals surface area contributed by atoms with Crippen LogP contribution in [-0.2, 0) is 16.1 Å². The van der Waals surface area contributed by atoms with Crippen molar-refractivity contribution in [2.45, 2.75) is 19.4 Å². The number of nitrogens with two attached hydrogens (primary N) is 1. The Balaban J connectivity index is 1.45. The maximum Gasteiger partial charge on any atom is 0.266 e. The van der Waals surface area contributed by atoms with E-state index in [4.69, 9.17) is 27.7 Å². The number of fused-ring (bicyclic) bond motifs is 1.